The van der Waals surface area contributed by atoms with Crippen LogP contribution in [0.25, 0.3) is 0 Å². The number of benzene rings is 5. The number of carbonyl (C=O) groups excluding carboxylic acids is 8. The number of amides is 4. The van der Waals surface area contributed by atoms with Crippen molar-refractivity contribution in [2.75, 3.05) is 26.4 Å². The number of rotatable bonds is 43. The van der Waals surface area contributed by atoms with Crippen LogP contribution < -0.4 is 21.3 Å². The van der Waals surface area contributed by atoms with Crippen molar-refractivity contribution in [2.24, 2.45) is 0 Å². The van der Waals surface area contributed by atoms with Gasteiger partial charge in [0, 0.05) is 51.6 Å². The van der Waals surface area contributed by atoms with Crippen molar-refractivity contribution in [3.63, 3.8) is 0 Å². The van der Waals surface area contributed by atoms with Crippen molar-refractivity contribution in [3.05, 3.63) is 209 Å². The van der Waals surface area contributed by atoms with E-state index in [1.807, 2.05) is 115 Å². The molecule has 1 heterocycles. The van der Waals surface area contributed by atoms with Crippen molar-refractivity contribution >= 4 is 56.5 Å². The Kier molecular flexibility index (Phi) is 33.1. The number of pyridine rings is 1. The zero-order valence-electron chi connectivity index (χ0n) is 51.1. The molecule has 4 atom stereocenters. The predicted octanol–water partition coefficient (Wildman–Crippen LogP) is 9.84. The van der Waals surface area contributed by atoms with E-state index >= 15 is 0 Å². The zero-order chi connectivity index (χ0) is 64.5. The van der Waals surface area contributed by atoms with Crippen LogP contribution in [-0.4, -0.2) is 102 Å². The molecule has 6 rings (SSSR count). The number of ether oxygens (including phenoxy) is 5. The molecule has 1 aromatic heterocycles. The number of hydrogen-bond donors (Lipinski definition) is 4. The van der Waals surface area contributed by atoms with Crippen LogP contribution in [0.2, 0.25) is 0 Å². The summed E-state index contributed by atoms with van der Waals surface area (Å²) in [6.07, 6.45) is 4.98. The van der Waals surface area contributed by atoms with E-state index in [9.17, 15) is 42.7 Å². The van der Waals surface area contributed by atoms with Gasteiger partial charge in [0.15, 0.2) is 0 Å². The second kappa shape index (κ2) is 42.3. The molecule has 4 N–H and O–H groups in total. The molecule has 5 aromatic carbocycles. The summed E-state index contributed by atoms with van der Waals surface area (Å²) >= 11 is 0. The number of nitrogens with zero attached hydrogens (tertiary/aromatic N) is 2. The van der Waals surface area contributed by atoms with Crippen LogP contribution in [0.15, 0.2) is 170 Å². The lowest BCUT2D eigenvalue weighted by Crippen LogP contribution is -2.45. The average molecular weight is 1270 g/mol. The fraction of sp³-hybridized carbons (Fsp3) is 0.377. The highest BCUT2D eigenvalue weighted by Gasteiger charge is 2.31. The molecule has 1 unspecified atom stereocenters. The van der Waals surface area contributed by atoms with Gasteiger partial charge in [-0.2, -0.15) is 4.39 Å². The molecule has 4 amide bonds. The molecule has 20 nitrogen and oxygen atoms in total. The maximum Gasteiger partial charge on any atom is 0.328 e. The fourth-order valence-electron chi connectivity index (χ4n) is 9.07. The summed E-state index contributed by atoms with van der Waals surface area (Å²) in [6.45, 7) is 0.853. The van der Waals surface area contributed by atoms with E-state index in [1.54, 1.807) is 41.1 Å². The minimum Gasteiger partial charge on any atom is -0.461 e. The highest BCUT2D eigenvalue weighted by Crippen LogP contribution is 2.28. The summed E-state index contributed by atoms with van der Waals surface area (Å²) in [5.41, 5.74) is 4.19. The summed E-state index contributed by atoms with van der Waals surface area (Å²) in [4.78, 5) is 110. The third-order valence-electron chi connectivity index (χ3n) is 14.1. The van der Waals surface area contributed by atoms with Gasteiger partial charge in [0.1, 0.15) is 51.3 Å². The number of halogens is 1. The molecule has 0 saturated carbocycles. The van der Waals surface area contributed by atoms with Crippen LogP contribution in [0.4, 0.5) is 4.39 Å². The van der Waals surface area contributed by atoms with Gasteiger partial charge in [0.2, 0.25) is 23.7 Å². The van der Waals surface area contributed by atoms with Gasteiger partial charge in [0.25, 0.3) is 5.91 Å². The Labute approximate surface area is 533 Å². The van der Waals surface area contributed by atoms with Crippen LogP contribution in [0.1, 0.15) is 128 Å². The van der Waals surface area contributed by atoms with Gasteiger partial charge < -0.3 is 49.5 Å². The van der Waals surface area contributed by atoms with Crippen LogP contribution >= 0.6 is 8.96 Å². The van der Waals surface area contributed by atoms with E-state index < -0.39 is 68.7 Å². The van der Waals surface area contributed by atoms with Gasteiger partial charge in [-0.25, -0.2) is 19.2 Å². The van der Waals surface area contributed by atoms with E-state index in [0.717, 1.165) is 33.9 Å². The molecule has 0 spiro atoms. The van der Waals surface area contributed by atoms with Crippen LogP contribution in [-0.2, 0) is 94.8 Å². The van der Waals surface area contributed by atoms with Crippen molar-refractivity contribution in [1.82, 2.24) is 30.9 Å². The van der Waals surface area contributed by atoms with Gasteiger partial charge >= 0.3 is 23.9 Å². The number of hydrogen-bond acceptors (Lipinski definition) is 16. The van der Waals surface area contributed by atoms with Gasteiger partial charge in [-0.05, 0) is 91.3 Å². The van der Waals surface area contributed by atoms with E-state index in [-0.39, 0.29) is 109 Å². The Balaban J connectivity index is 1.01. The molecule has 91 heavy (non-hydrogen) atoms. The molecule has 0 aliphatic heterocycles. The monoisotopic (exact) mass is 1270 g/mol. The van der Waals surface area contributed by atoms with Gasteiger partial charge in [-0.15, -0.1) is 0 Å². The minimum absolute atomic E-state index is 0.0116. The average Bonchev–Trinajstić information content (AvgIpc) is 2.61. The third kappa shape index (κ3) is 29.6. The first-order chi connectivity index (χ1) is 44.4. The molecule has 0 saturated heterocycles. The summed E-state index contributed by atoms with van der Waals surface area (Å²) in [6, 6.07) is 45.1. The lowest BCUT2D eigenvalue weighted by Gasteiger charge is -2.29. The number of nitrogens with one attached hydrogen (secondary N) is 4. The van der Waals surface area contributed by atoms with Crippen LogP contribution in [0, 0.1) is 5.95 Å². The second-order valence-electron chi connectivity index (χ2n) is 21.4. The largest absolute Gasteiger partial charge is 0.461 e. The van der Waals surface area contributed by atoms with E-state index in [2.05, 4.69) is 26.3 Å². The third-order valence-corrected chi connectivity index (χ3v) is 15.1. The highest BCUT2D eigenvalue weighted by atomic mass is 31.1. The number of aromatic nitrogens is 1. The van der Waals surface area contributed by atoms with Crippen molar-refractivity contribution < 1.29 is 71.0 Å². The molecule has 0 aliphatic rings. The van der Waals surface area contributed by atoms with Gasteiger partial charge in [-0.3, -0.25) is 28.8 Å². The predicted molar refractivity (Wildman–Crippen MR) is 339 cm³/mol. The van der Waals surface area contributed by atoms with Crippen LogP contribution in [0.3, 0.4) is 0 Å². The lowest BCUT2D eigenvalue weighted by molar-refractivity contribution is -0.153. The second-order valence-corrected chi connectivity index (χ2v) is 22.4. The molecule has 0 aliphatic carbocycles. The number of unbranched alkanes of at least 4 members (excludes halogenated alkanes) is 4. The smallest absolute Gasteiger partial charge is 0.328 e. The first-order valence-electron chi connectivity index (χ1n) is 30.7. The first-order valence-corrected chi connectivity index (χ1v) is 31.6. The molecule has 0 radical (unpaired) electrons. The summed E-state index contributed by atoms with van der Waals surface area (Å²) in [5.74, 6) is -4.71. The Morgan fingerprint density at radius 2 is 0.912 bits per heavy atom. The maximum atomic E-state index is 14.1. The quantitative estimate of drug-likeness (QED) is 0.00693. The Morgan fingerprint density at radius 1 is 0.451 bits per heavy atom. The molecular formula is C69H82FN6O14P. The fourth-order valence-corrected chi connectivity index (χ4v) is 9.97. The van der Waals surface area contributed by atoms with Crippen molar-refractivity contribution in [3.8, 4) is 0 Å². The Hall–Kier alpha value is -8.75. The van der Waals surface area contributed by atoms with E-state index in [1.165, 1.54) is 12.3 Å². The number of carbonyl (C=O) groups is 8. The highest BCUT2D eigenvalue weighted by molar-refractivity contribution is 7.29. The van der Waals surface area contributed by atoms with Crippen molar-refractivity contribution in [2.45, 2.75) is 141 Å². The normalized spacial score (nSPS) is 12.1. The van der Waals surface area contributed by atoms with E-state index in [0.29, 0.717) is 58.0 Å². The Morgan fingerprint density at radius 3 is 1.43 bits per heavy atom. The molecule has 6 aromatic rings. The summed E-state index contributed by atoms with van der Waals surface area (Å²) < 4.78 is 49.8. The molecular weight excluding hydrogens is 1190 g/mol. The van der Waals surface area contributed by atoms with Gasteiger partial charge in [-0.1, -0.05) is 165 Å². The Bertz CT molecular complexity index is 3120. The zero-order valence-corrected chi connectivity index (χ0v) is 52.1. The topological polar surface area (TPSA) is 256 Å². The van der Waals surface area contributed by atoms with Crippen molar-refractivity contribution in [1.29, 1.82) is 0 Å². The molecule has 484 valence electrons. The first kappa shape index (κ1) is 71.3. The molecule has 0 fully saturated rings. The molecule has 22 heteroatoms. The lowest BCUT2D eigenvalue weighted by atomic mass is 10.1. The standard InChI is InChI=1S/C69H82FN6O14P/c70-61-39-36-57(45-73-61)66(81)72-43-21-6-18-34-62(77)71-42-20-7-19-35-63(78)75-59(68(83)88-48-54-27-12-3-13-28-54)37-40-64(79)74-58(67(82)87-47-53-25-10-2-11-26-53)33-22-44-85-51-76(91-90-50-56-31-16-5-17-32-56)60(69(84)89-49-55-29-14-4-15-30-55)38-41-65(80)86-46-52-23-8-1-9-24-52/h1-5,8-17,23-32,36,39,45,58-60,91H,6-7,18-22,33-35,37-38,40-44,46-51H2,(H,71,77)(H,72,81)(H,74,79)(H,75,78)/t58-,59-,60-/m0/s1. The minimum atomic E-state index is -1.21. The van der Waals surface area contributed by atoms with E-state index in [4.69, 9.17) is 28.2 Å². The summed E-state index contributed by atoms with van der Waals surface area (Å²) in [7, 11) is -0.420. The SMILES string of the molecule is O=C(CCCCCNC(=O)c1ccc(F)nc1)NCCCCCC(=O)N[C@@H](CCC(=O)N[C@@H](CCCOCN(POCc1ccccc1)[C@@H](CCC(=O)OCc1ccccc1)C(=O)OCc1ccccc1)C(=O)OCc1ccccc1)C(=O)OCc1ccccc1. The van der Waals surface area contributed by atoms with Gasteiger partial charge in [0.05, 0.1) is 21.1 Å². The number of esters is 4. The maximum absolute atomic E-state index is 14.1. The molecule has 0 bridgehead atoms. The summed E-state index contributed by atoms with van der Waals surface area (Å²) in [5, 5.41) is 11.2. The van der Waals surface area contributed by atoms with Crippen LogP contribution in [0.5, 0.6) is 0 Å².